The van der Waals surface area contributed by atoms with E-state index in [-0.39, 0.29) is 11.8 Å². The molecule has 2 aliphatic rings. The summed E-state index contributed by atoms with van der Waals surface area (Å²) in [7, 11) is 0. The fourth-order valence-electron chi connectivity index (χ4n) is 3.65. The molecule has 25 heavy (non-hydrogen) atoms. The number of hydrogen-bond acceptors (Lipinski definition) is 6. The third-order valence-corrected chi connectivity index (χ3v) is 5.15. The van der Waals surface area contributed by atoms with Gasteiger partial charge in [-0.2, -0.15) is 0 Å². The van der Waals surface area contributed by atoms with Gasteiger partial charge < -0.3 is 15.5 Å². The summed E-state index contributed by atoms with van der Waals surface area (Å²) in [4.78, 5) is 25.5. The Labute approximate surface area is 150 Å². The molecule has 2 aliphatic heterocycles. The van der Waals surface area contributed by atoms with Crippen LogP contribution in [0.4, 0.5) is 5.95 Å². The highest BCUT2D eigenvalue weighted by Crippen LogP contribution is 2.16. The Bertz CT molecular complexity index is 532. The second kappa shape index (κ2) is 9.10. The summed E-state index contributed by atoms with van der Waals surface area (Å²) in [5.41, 5.74) is 0. The molecule has 7 heteroatoms. The predicted molar refractivity (Wildman–Crippen MR) is 98.5 cm³/mol. The minimum atomic E-state index is 0.186. The van der Waals surface area contributed by atoms with E-state index in [0.29, 0.717) is 6.04 Å². The lowest BCUT2D eigenvalue weighted by molar-refractivity contribution is -0.126. The van der Waals surface area contributed by atoms with Gasteiger partial charge in [0, 0.05) is 57.1 Å². The van der Waals surface area contributed by atoms with Crippen molar-refractivity contribution in [2.75, 3.05) is 50.7 Å². The second-order valence-electron chi connectivity index (χ2n) is 7.10. The summed E-state index contributed by atoms with van der Waals surface area (Å²) in [5, 5.41) is 6.52. The molecule has 3 heterocycles. The fraction of sp³-hybridized carbons (Fsp3) is 0.722. The smallest absolute Gasteiger partial charge is 0.225 e. The van der Waals surface area contributed by atoms with Crippen molar-refractivity contribution in [2.45, 2.75) is 32.2 Å². The van der Waals surface area contributed by atoms with Crippen LogP contribution in [-0.2, 0) is 4.79 Å². The first kappa shape index (κ1) is 18.1. The van der Waals surface area contributed by atoms with Crippen molar-refractivity contribution in [2.24, 2.45) is 5.92 Å². The first-order chi connectivity index (χ1) is 12.2. The number of nitrogens with one attached hydrogen (secondary N) is 2. The largest absolute Gasteiger partial charge is 0.356 e. The highest BCUT2D eigenvalue weighted by molar-refractivity contribution is 5.78. The van der Waals surface area contributed by atoms with E-state index in [1.165, 1.54) is 0 Å². The summed E-state index contributed by atoms with van der Waals surface area (Å²) < 4.78 is 0. The van der Waals surface area contributed by atoms with Crippen molar-refractivity contribution in [1.82, 2.24) is 25.5 Å². The molecule has 1 aromatic heterocycles. The third kappa shape index (κ3) is 5.37. The van der Waals surface area contributed by atoms with Crippen LogP contribution in [0, 0.1) is 5.92 Å². The Kier molecular flexibility index (Phi) is 6.58. The summed E-state index contributed by atoms with van der Waals surface area (Å²) in [6.45, 7) is 8.89. The summed E-state index contributed by atoms with van der Waals surface area (Å²) in [5.74, 6) is 1.25. The van der Waals surface area contributed by atoms with Gasteiger partial charge in [0.1, 0.15) is 0 Å². The number of carbonyl (C=O) groups excluding carboxylic acids is 1. The summed E-state index contributed by atoms with van der Waals surface area (Å²) in [6.07, 6.45) is 6.50. The Hall–Kier alpha value is -1.73. The van der Waals surface area contributed by atoms with Crippen LogP contribution in [0.25, 0.3) is 0 Å². The van der Waals surface area contributed by atoms with E-state index in [4.69, 9.17) is 0 Å². The third-order valence-electron chi connectivity index (χ3n) is 5.15. The first-order valence-electron chi connectivity index (χ1n) is 9.48. The number of anilines is 1. The van der Waals surface area contributed by atoms with Gasteiger partial charge in [0.2, 0.25) is 11.9 Å². The molecule has 0 aromatic carbocycles. The van der Waals surface area contributed by atoms with E-state index < -0.39 is 0 Å². The lowest BCUT2D eigenvalue weighted by Crippen LogP contribution is -2.47. The monoisotopic (exact) mass is 346 g/mol. The molecule has 0 bridgehead atoms. The van der Waals surface area contributed by atoms with Crippen LogP contribution >= 0.6 is 0 Å². The van der Waals surface area contributed by atoms with Crippen LogP contribution in [0.5, 0.6) is 0 Å². The van der Waals surface area contributed by atoms with Crippen molar-refractivity contribution < 1.29 is 4.79 Å². The number of nitrogens with zero attached hydrogens (tertiary/aromatic N) is 4. The van der Waals surface area contributed by atoms with Crippen molar-refractivity contribution in [1.29, 1.82) is 0 Å². The van der Waals surface area contributed by atoms with Crippen LogP contribution in [-0.4, -0.2) is 72.6 Å². The van der Waals surface area contributed by atoms with Crippen LogP contribution in [0.3, 0.4) is 0 Å². The molecule has 0 aliphatic carbocycles. The van der Waals surface area contributed by atoms with Gasteiger partial charge in [-0.1, -0.05) is 0 Å². The molecule has 2 N–H and O–H groups in total. The number of amides is 1. The maximum atomic E-state index is 12.2. The van der Waals surface area contributed by atoms with E-state index in [2.05, 4.69) is 37.3 Å². The Morgan fingerprint density at radius 3 is 2.76 bits per heavy atom. The molecule has 0 spiro atoms. The van der Waals surface area contributed by atoms with Crippen molar-refractivity contribution >= 4 is 11.9 Å². The minimum absolute atomic E-state index is 0.186. The molecular weight excluding hydrogens is 316 g/mol. The lowest BCUT2D eigenvalue weighted by Gasteiger charge is -2.34. The zero-order valence-corrected chi connectivity index (χ0v) is 15.2. The van der Waals surface area contributed by atoms with Gasteiger partial charge >= 0.3 is 0 Å². The van der Waals surface area contributed by atoms with Crippen molar-refractivity contribution in [3.8, 4) is 0 Å². The number of hydrogen-bond donors (Lipinski definition) is 2. The molecule has 2 atom stereocenters. The van der Waals surface area contributed by atoms with Crippen LogP contribution in [0.1, 0.15) is 26.2 Å². The molecule has 2 saturated heterocycles. The van der Waals surface area contributed by atoms with E-state index in [9.17, 15) is 4.79 Å². The zero-order chi connectivity index (χ0) is 17.5. The minimum Gasteiger partial charge on any atom is -0.356 e. The Balaban J connectivity index is 1.29. The molecule has 0 radical (unpaired) electrons. The second-order valence-corrected chi connectivity index (χ2v) is 7.10. The number of piperidine rings is 1. The highest BCUT2D eigenvalue weighted by atomic mass is 16.1. The molecule has 2 fully saturated rings. The van der Waals surface area contributed by atoms with Gasteiger partial charge in [-0.3, -0.25) is 9.69 Å². The van der Waals surface area contributed by atoms with E-state index in [1.807, 2.05) is 6.07 Å². The molecule has 138 valence electrons. The zero-order valence-electron chi connectivity index (χ0n) is 15.2. The highest BCUT2D eigenvalue weighted by Gasteiger charge is 2.24. The van der Waals surface area contributed by atoms with Crippen molar-refractivity contribution in [3.63, 3.8) is 0 Å². The topological polar surface area (TPSA) is 73.4 Å². The molecule has 0 unspecified atom stereocenters. The van der Waals surface area contributed by atoms with Gasteiger partial charge in [0.05, 0.1) is 0 Å². The van der Waals surface area contributed by atoms with E-state index >= 15 is 0 Å². The maximum absolute atomic E-state index is 12.2. The van der Waals surface area contributed by atoms with Gasteiger partial charge in [0.15, 0.2) is 0 Å². The lowest BCUT2D eigenvalue weighted by atomic mass is 9.92. The fourth-order valence-corrected chi connectivity index (χ4v) is 3.65. The van der Waals surface area contributed by atoms with E-state index in [0.717, 1.165) is 71.0 Å². The Morgan fingerprint density at radius 2 is 2.04 bits per heavy atom. The molecule has 3 rings (SSSR count). The average molecular weight is 346 g/mol. The van der Waals surface area contributed by atoms with Crippen molar-refractivity contribution in [3.05, 3.63) is 18.5 Å². The Morgan fingerprint density at radius 1 is 1.28 bits per heavy atom. The van der Waals surface area contributed by atoms with Crippen LogP contribution in [0.2, 0.25) is 0 Å². The summed E-state index contributed by atoms with van der Waals surface area (Å²) >= 11 is 0. The molecule has 0 saturated carbocycles. The average Bonchev–Trinajstić information content (AvgIpc) is 2.66. The van der Waals surface area contributed by atoms with Gasteiger partial charge in [-0.15, -0.1) is 0 Å². The van der Waals surface area contributed by atoms with Gasteiger partial charge in [-0.25, -0.2) is 9.97 Å². The molecular formula is C18H30N6O. The number of carbonyl (C=O) groups is 1. The van der Waals surface area contributed by atoms with Crippen LogP contribution in [0.15, 0.2) is 18.5 Å². The normalized spacial score (nSPS) is 24.9. The van der Waals surface area contributed by atoms with Gasteiger partial charge in [0.25, 0.3) is 0 Å². The van der Waals surface area contributed by atoms with Crippen LogP contribution < -0.4 is 15.5 Å². The first-order valence-corrected chi connectivity index (χ1v) is 9.48. The molecule has 1 amide bonds. The SMILES string of the molecule is C[C@H]1C[C@@H](C(=O)NCCCN2CCN(c3ncccn3)CC2)CCN1. The van der Waals surface area contributed by atoms with E-state index in [1.54, 1.807) is 12.4 Å². The molecule has 7 nitrogen and oxygen atoms in total. The number of aromatic nitrogens is 2. The standard InChI is InChI=1S/C18H30N6O/c1-15-14-16(4-8-19-15)17(25)20-7-3-9-23-10-12-24(13-11-23)18-21-5-2-6-22-18/h2,5-6,15-16,19H,3-4,7-14H2,1H3,(H,20,25)/t15-,16-/m0/s1. The summed E-state index contributed by atoms with van der Waals surface area (Å²) in [6, 6.07) is 2.30. The maximum Gasteiger partial charge on any atom is 0.225 e. The predicted octanol–water partition coefficient (Wildman–Crippen LogP) is 0.493. The number of rotatable bonds is 6. The number of piperazine rings is 1. The quantitative estimate of drug-likeness (QED) is 0.731. The van der Waals surface area contributed by atoms with Gasteiger partial charge in [-0.05, 0) is 45.3 Å². The molecule has 1 aromatic rings.